The average Bonchev–Trinajstić information content (AvgIpc) is 2.44. The van der Waals surface area contributed by atoms with Crippen LogP contribution in [0.15, 0.2) is 41.3 Å². The first-order valence-corrected chi connectivity index (χ1v) is 7.08. The van der Waals surface area contributed by atoms with E-state index in [4.69, 9.17) is 0 Å². The Morgan fingerprint density at radius 1 is 1.10 bits per heavy atom. The number of amides is 1. The maximum atomic E-state index is 13.4. The van der Waals surface area contributed by atoms with Crippen molar-refractivity contribution in [3.05, 3.63) is 59.4 Å². The lowest BCUT2D eigenvalue weighted by Crippen LogP contribution is -2.15. The van der Waals surface area contributed by atoms with Gasteiger partial charge < -0.3 is 5.32 Å². The first kappa shape index (κ1) is 15.4. The molecule has 0 fully saturated rings. The Kier molecular flexibility index (Phi) is 4.90. The quantitative estimate of drug-likeness (QED) is 0.860. The van der Waals surface area contributed by atoms with Crippen molar-refractivity contribution in [3.8, 4) is 0 Å². The zero-order chi connectivity index (χ0) is 15.4. The van der Waals surface area contributed by atoms with Crippen LogP contribution in [0.3, 0.4) is 0 Å². The van der Waals surface area contributed by atoms with Gasteiger partial charge in [-0.25, -0.2) is 13.2 Å². The second-order valence-electron chi connectivity index (χ2n) is 4.37. The number of anilines is 1. The monoisotopic (exact) mass is 311 g/mol. The van der Waals surface area contributed by atoms with Crippen LogP contribution in [-0.2, 0) is 4.79 Å². The first-order chi connectivity index (χ1) is 9.95. The smallest absolute Gasteiger partial charge is 0.234 e. The number of rotatable bonds is 4. The third-order valence-corrected chi connectivity index (χ3v) is 3.76. The fourth-order valence-corrected chi connectivity index (χ4v) is 2.41. The molecule has 2 nitrogen and oxygen atoms in total. The minimum Gasteiger partial charge on any atom is -0.325 e. The van der Waals surface area contributed by atoms with Crippen LogP contribution < -0.4 is 5.32 Å². The number of hydrogen-bond acceptors (Lipinski definition) is 2. The van der Waals surface area contributed by atoms with Crippen LogP contribution in [0.2, 0.25) is 0 Å². The molecule has 21 heavy (non-hydrogen) atoms. The van der Waals surface area contributed by atoms with Gasteiger partial charge >= 0.3 is 0 Å². The van der Waals surface area contributed by atoms with Crippen LogP contribution >= 0.6 is 11.8 Å². The third-order valence-electron chi connectivity index (χ3n) is 2.73. The number of halogens is 3. The van der Waals surface area contributed by atoms with Gasteiger partial charge in [0.15, 0.2) is 0 Å². The molecule has 0 radical (unpaired) electrons. The van der Waals surface area contributed by atoms with Crippen LogP contribution in [0.5, 0.6) is 0 Å². The molecule has 0 unspecified atom stereocenters. The van der Waals surface area contributed by atoms with Crippen molar-refractivity contribution >= 4 is 23.4 Å². The molecule has 6 heteroatoms. The third kappa shape index (κ3) is 4.26. The van der Waals surface area contributed by atoms with Crippen LogP contribution in [-0.4, -0.2) is 11.7 Å². The number of aryl methyl sites for hydroxylation is 1. The molecule has 0 aliphatic heterocycles. The van der Waals surface area contributed by atoms with Gasteiger partial charge in [0.25, 0.3) is 0 Å². The van der Waals surface area contributed by atoms with Crippen molar-refractivity contribution in [2.45, 2.75) is 11.8 Å². The van der Waals surface area contributed by atoms with E-state index in [1.54, 1.807) is 13.0 Å². The molecule has 2 aromatic rings. The van der Waals surface area contributed by atoms with Gasteiger partial charge in [0.1, 0.15) is 17.5 Å². The molecule has 0 aliphatic carbocycles. The Labute approximate surface area is 124 Å². The molecule has 0 spiro atoms. The molecule has 0 saturated heterocycles. The zero-order valence-corrected chi connectivity index (χ0v) is 11.9. The Hall–Kier alpha value is -1.95. The minimum absolute atomic E-state index is 0.0566. The van der Waals surface area contributed by atoms with Crippen LogP contribution in [0, 0.1) is 24.4 Å². The predicted molar refractivity (Wildman–Crippen MR) is 76.8 cm³/mol. The molecule has 0 heterocycles. The van der Waals surface area contributed by atoms with E-state index < -0.39 is 23.4 Å². The average molecular weight is 311 g/mol. The molecular weight excluding hydrogens is 299 g/mol. The maximum absolute atomic E-state index is 13.4. The molecule has 1 amide bonds. The second kappa shape index (κ2) is 6.67. The Bertz CT molecular complexity index is 676. The van der Waals surface area contributed by atoms with Crippen molar-refractivity contribution in [1.29, 1.82) is 0 Å². The number of carbonyl (C=O) groups is 1. The number of carbonyl (C=O) groups excluding carboxylic acids is 1. The highest BCUT2D eigenvalue weighted by Gasteiger charge is 2.10. The highest BCUT2D eigenvalue weighted by atomic mass is 32.2. The van der Waals surface area contributed by atoms with Crippen LogP contribution in [0.1, 0.15) is 5.56 Å². The number of benzene rings is 2. The van der Waals surface area contributed by atoms with E-state index in [9.17, 15) is 18.0 Å². The Balaban J connectivity index is 1.99. The van der Waals surface area contributed by atoms with E-state index >= 15 is 0 Å². The fourth-order valence-electron chi connectivity index (χ4n) is 1.65. The zero-order valence-electron chi connectivity index (χ0n) is 11.1. The molecule has 0 bridgehead atoms. The molecule has 0 saturated carbocycles. The maximum Gasteiger partial charge on any atom is 0.234 e. The lowest BCUT2D eigenvalue weighted by Gasteiger charge is -2.08. The molecule has 2 aromatic carbocycles. The fraction of sp³-hybridized carbons (Fsp3) is 0.133. The summed E-state index contributed by atoms with van der Waals surface area (Å²) in [4.78, 5) is 11.8. The van der Waals surface area contributed by atoms with Gasteiger partial charge in [-0.3, -0.25) is 4.79 Å². The van der Waals surface area contributed by atoms with Gasteiger partial charge in [-0.05, 0) is 42.8 Å². The largest absolute Gasteiger partial charge is 0.325 e. The Morgan fingerprint density at radius 3 is 2.52 bits per heavy atom. The lowest BCUT2D eigenvalue weighted by molar-refractivity contribution is -0.113. The van der Waals surface area contributed by atoms with E-state index in [0.717, 1.165) is 30.0 Å². The summed E-state index contributed by atoms with van der Waals surface area (Å²) in [5.74, 6) is -2.13. The summed E-state index contributed by atoms with van der Waals surface area (Å²) in [6.07, 6.45) is 0. The minimum atomic E-state index is -0.587. The summed E-state index contributed by atoms with van der Waals surface area (Å²) in [5.41, 5.74) is 1.08. The highest BCUT2D eigenvalue weighted by Crippen LogP contribution is 2.23. The summed E-state index contributed by atoms with van der Waals surface area (Å²) in [5, 5.41) is 2.54. The molecule has 2 rings (SSSR count). The molecule has 1 N–H and O–H groups in total. The van der Waals surface area contributed by atoms with E-state index in [1.165, 1.54) is 12.1 Å². The number of nitrogens with one attached hydrogen (secondary N) is 1. The topological polar surface area (TPSA) is 29.1 Å². The SMILES string of the molecule is Cc1ccc(F)cc1NC(=O)CSc1cc(F)ccc1F. The number of hydrogen-bond donors (Lipinski definition) is 1. The van der Waals surface area contributed by atoms with Gasteiger partial charge in [-0.1, -0.05) is 6.07 Å². The summed E-state index contributed by atoms with van der Waals surface area (Å²) in [7, 11) is 0. The summed E-state index contributed by atoms with van der Waals surface area (Å²) < 4.78 is 39.5. The van der Waals surface area contributed by atoms with E-state index in [2.05, 4.69) is 5.32 Å². The van der Waals surface area contributed by atoms with Crippen molar-refractivity contribution < 1.29 is 18.0 Å². The number of thioether (sulfide) groups is 1. The van der Waals surface area contributed by atoms with Crippen molar-refractivity contribution in [1.82, 2.24) is 0 Å². The van der Waals surface area contributed by atoms with Gasteiger partial charge in [0.2, 0.25) is 5.91 Å². The van der Waals surface area contributed by atoms with E-state index in [0.29, 0.717) is 11.3 Å². The lowest BCUT2D eigenvalue weighted by atomic mass is 10.2. The van der Waals surface area contributed by atoms with Gasteiger partial charge in [0, 0.05) is 10.6 Å². The standard InChI is InChI=1S/C15H12F3NOS/c1-9-2-3-10(16)6-13(9)19-15(20)8-21-14-7-11(17)4-5-12(14)18/h2-7H,8H2,1H3,(H,19,20). The van der Waals surface area contributed by atoms with Crippen molar-refractivity contribution in [2.24, 2.45) is 0 Å². The normalized spacial score (nSPS) is 10.5. The molecule has 0 aliphatic rings. The summed E-state index contributed by atoms with van der Waals surface area (Å²) in [6.45, 7) is 1.73. The predicted octanol–water partition coefficient (Wildman–Crippen LogP) is 4.14. The molecule has 110 valence electrons. The Morgan fingerprint density at radius 2 is 1.76 bits per heavy atom. The molecule has 0 atom stereocenters. The van der Waals surface area contributed by atoms with E-state index in [1.807, 2.05) is 0 Å². The van der Waals surface area contributed by atoms with Crippen molar-refractivity contribution in [3.63, 3.8) is 0 Å². The summed E-state index contributed by atoms with van der Waals surface area (Å²) >= 11 is 0.878. The first-order valence-electron chi connectivity index (χ1n) is 6.09. The van der Waals surface area contributed by atoms with Crippen LogP contribution in [0.4, 0.5) is 18.9 Å². The van der Waals surface area contributed by atoms with E-state index in [-0.39, 0.29) is 10.6 Å². The van der Waals surface area contributed by atoms with Gasteiger partial charge in [-0.2, -0.15) is 0 Å². The van der Waals surface area contributed by atoms with Gasteiger partial charge in [0.05, 0.1) is 5.75 Å². The van der Waals surface area contributed by atoms with Gasteiger partial charge in [-0.15, -0.1) is 11.8 Å². The summed E-state index contributed by atoms with van der Waals surface area (Å²) in [6, 6.07) is 7.09. The molecule has 0 aromatic heterocycles. The van der Waals surface area contributed by atoms with Crippen LogP contribution in [0.25, 0.3) is 0 Å². The second-order valence-corrected chi connectivity index (χ2v) is 5.39. The molecular formula is C15H12F3NOS. The van der Waals surface area contributed by atoms with Crippen molar-refractivity contribution in [2.75, 3.05) is 11.1 Å². The highest BCUT2D eigenvalue weighted by molar-refractivity contribution is 8.00.